The number of Topliss-reactive ketones (excluding diaryl/α,β-unsaturated/α-hetero) is 1. The molecule has 4 N–H and O–H groups in total. The first kappa shape index (κ1) is 40.1. The van der Waals surface area contributed by atoms with Crippen LogP contribution in [0.15, 0.2) is 48.5 Å². The van der Waals surface area contributed by atoms with Gasteiger partial charge in [-0.25, -0.2) is 4.79 Å². The van der Waals surface area contributed by atoms with Crippen LogP contribution in [0.4, 0.5) is 0 Å². The third kappa shape index (κ3) is 10.7. The summed E-state index contributed by atoms with van der Waals surface area (Å²) in [4.78, 5) is 52.2. The predicted octanol–water partition coefficient (Wildman–Crippen LogP) is 5.57. The van der Waals surface area contributed by atoms with E-state index in [1.165, 1.54) is 27.4 Å². The standard InChI is InChI=1S/C40H48N2O11/c1-24-10-9-13-28(43)12-8-6-7-11-26-18-31(44)37(38(47)36(26)40(48)53-24)30(27-19-32(50-3)39(52-5)33(20-27)51-4)21-34(45)42-23-35(46)41-22-25-14-16-29(49-2)17-15-25/h7,11,14-20,24,30,44,47H,6,8-10,12-13,21-23H2,1-5H3,(H,41,46)(H,42,45). The van der Waals surface area contributed by atoms with Crippen LogP contribution in [0.1, 0.15) is 90.4 Å². The van der Waals surface area contributed by atoms with E-state index in [4.69, 9.17) is 23.7 Å². The fourth-order valence-electron chi connectivity index (χ4n) is 6.15. The molecule has 0 bridgehead atoms. The van der Waals surface area contributed by atoms with E-state index in [2.05, 4.69) is 10.6 Å². The number of nitrogens with one attached hydrogen (secondary N) is 2. The van der Waals surface area contributed by atoms with Gasteiger partial charge in [-0.3, -0.25) is 14.4 Å². The smallest absolute Gasteiger partial charge is 0.342 e. The quantitative estimate of drug-likeness (QED) is 0.171. The Morgan fingerprint density at radius 1 is 0.887 bits per heavy atom. The molecule has 0 fully saturated rings. The lowest BCUT2D eigenvalue weighted by atomic mass is 9.84. The van der Waals surface area contributed by atoms with Gasteiger partial charge in [0.15, 0.2) is 11.5 Å². The minimum absolute atomic E-state index is 0.123. The molecule has 284 valence electrons. The minimum Gasteiger partial charge on any atom is -0.507 e. The van der Waals surface area contributed by atoms with E-state index in [0.29, 0.717) is 49.8 Å². The second-order valence-corrected chi connectivity index (χ2v) is 12.7. The molecule has 53 heavy (non-hydrogen) atoms. The zero-order chi connectivity index (χ0) is 38.5. The van der Waals surface area contributed by atoms with Crippen LogP contribution in [0.25, 0.3) is 6.08 Å². The van der Waals surface area contributed by atoms with Gasteiger partial charge in [0.1, 0.15) is 28.6 Å². The fourth-order valence-corrected chi connectivity index (χ4v) is 6.15. The van der Waals surface area contributed by atoms with Crippen molar-refractivity contribution in [3.63, 3.8) is 0 Å². The number of esters is 1. The average Bonchev–Trinajstić information content (AvgIpc) is 3.14. The van der Waals surface area contributed by atoms with Crippen LogP contribution in [0.2, 0.25) is 0 Å². The molecule has 0 saturated carbocycles. The van der Waals surface area contributed by atoms with Gasteiger partial charge < -0.3 is 44.5 Å². The molecule has 0 spiro atoms. The monoisotopic (exact) mass is 732 g/mol. The van der Waals surface area contributed by atoms with Crippen LogP contribution in [0.3, 0.4) is 0 Å². The SMILES string of the molecule is COc1ccc(CNC(=O)CNC(=O)CC(c2cc(OC)c(OC)c(OC)c2)c2c(O)cc3c(c2O)C(=O)OC(C)CCCC(=O)CCCC=C3)cc1. The number of aromatic hydroxyl groups is 2. The van der Waals surface area contributed by atoms with Crippen LogP contribution < -0.4 is 29.6 Å². The first-order valence-electron chi connectivity index (χ1n) is 17.4. The molecule has 1 heterocycles. The zero-order valence-corrected chi connectivity index (χ0v) is 30.8. The molecule has 0 saturated heterocycles. The Morgan fingerprint density at radius 2 is 1.57 bits per heavy atom. The highest BCUT2D eigenvalue weighted by molar-refractivity contribution is 5.98. The van der Waals surface area contributed by atoms with Crippen molar-refractivity contribution in [3.05, 3.63) is 76.4 Å². The van der Waals surface area contributed by atoms with Crippen molar-refractivity contribution in [2.75, 3.05) is 35.0 Å². The van der Waals surface area contributed by atoms with Gasteiger partial charge in [0.05, 0.1) is 41.1 Å². The summed E-state index contributed by atoms with van der Waals surface area (Å²) in [5, 5.41) is 28.8. The van der Waals surface area contributed by atoms with Gasteiger partial charge in [0, 0.05) is 37.3 Å². The van der Waals surface area contributed by atoms with Crippen molar-refractivity contribution in [2.24, 2.45) is 0 Å². The molecule has 13 heteroatoms. The van der Waals surface area contributed by atoms with Gasteiger partial charge in [-0.05, 0) is 79.6 Å². The topological polar surface area (TPSA) is 179 Å². The Labute approximate surface area is 309 Å². The molecule has 1 aliphatic heterocycles. The Hall–Kier alpha value is -5.72. The Kier molecular flexibility index (Phi) is 14.5. The molecule has 4 rings (SSSR count). The highest BCUT2D eigenvalue weighted by Crippen LogP contribution is 2.47. The molecule has 0 aromatic heterocycles. The Balaban J connectivity index is 1.71. The number of amides is 2. The summed E-state index contributed by atoms with van der Waals surface area (Å²) in [5.41, 5.74) is 1.09. The number of methoxy groups -OCH3 is 4. The number of carbonyl (C=O) groups is 4. The lowest BCUT2D eigenvalue weighted by molar-refractivity contribution is -0.126. The second kappa shape index (κ2) is 19.2. The van der Waals surface area contributed by atoms with E-state index in [0.717, 1.165) is 5.56 Å². The average molecular weight is 733 g/mol. The number of phenols is 2. The number of fused-ring (bicyclic) bond motifs is 1. The molecule has 13 nitrogen and oxygen atoms in total. The number of rotatable bonds is 12. The molecule has 1 aliphatic rings. The summed E-state index contributed by atoms with van der Waals surface area (Å²) in [5.74, 6) is -2.33. The van der Waals surface area contributed by atoms with Crippen molar-refractivity contribution < 1.29 is 53.1 Å². The number of hydrogen-bond donors (Lipinski definition) is 4. The molecular weight excluding hydrogens is 684 g/mol. The molecule has 2 atom stereocenters. The van der Waals surface area contributed by atoms with Crippen LogP contribution in [0.5, 0.6) is 34.5 Å². The summed E-state index contributed by atoms with van der Waals surface area (Å²) in [6.07, 6.45) is 5.33. The molecule has 0 radical (unpaired) electrons. The largest absolute Gasteiger partial charge is 0.507 e. The zero-order valence-electron chi connectivity index (χ0n) is 30.8. The third-order valence-electron chi connectivity index (χ3n) is 8.97. The van der Waals surface area contributed by atoms with Gasteiger partial charge in [-0.15, -0.1) is 0 Å². The number of phenolic OH excluding ortho intramolecular Hbond substituents is 2. The van der Waals surface area contributed by atoms with Crippen molar-refractivity contribution in [2.45, 2.75) is 70.4 Å². The Morgan fingerprint density at radius 3 is 2.21 bits per heavy atom. The number of ketones is 1. The molecule has 2 unspecified atom stereocenters. The number of hydrogen-bond acceptors (Lipinski definition) is 11. The van der Waals surface area contributed by atoms with Crippen LogP contribution in [0, 0.1) is 0 Å². The van der Waals surface area contributed by atoms with E-state index < -0.39 is 41.3 Å². The van der Waals surface area contributed by atoms with Gasteiger partial charge >= 0.3 is 5.97 Å². The van der Waals surface area contributed by atoms with E-state index in [1.54, 1.807) is 50.5 Å². The van der Waals surface area contributed by atoms with Gasteiger partial charge in [-0.1, -0.05) is 24.3 Å². The van der Waals surface area contributed by atoms with Crippen molar-refractivity contribution >= 4 is 29.6 Å². The Bertz CT molecular complexity index is 1780. The van der Waals surface area contributed by atoms with E-state index >= 15 is 0 Å². The molecule has 2 amide bonds. The maximum atomic E-state index is 13.7. The maximum absolute atomic E-state index is 13.7. The number of cyclic esters (lactones) is 1. The molecule has 3 aromatic carbocycles. The second-order valence-electron chi connectivity index (χ2n) is 12.7. The fraction of sp³-hybridized carbons (Fsp3) is 0.400. The summed E-state index contributed by atoms with van der Waals surface area (Å²) < 4.78 is 27.5. The van der Waals surface area contributed by atoms with Crippen molar-refractivity contribution in [3.8, 4) is 34.5 Å². The van der Waals surface area contributed by atoms with Crippen molar-refractivity contribution in [1.82, 2.24) is 10.6 Å². The summed E-state index contributed by atoms with van der Waals surface area (Å²) in [6, 6.07) is 11.7. The van der Waals surface area contributed by atoms with Gasteiger partial charge in [-0.2, -0.15) is 0 Å². The summed E-state index contributed by atoms with van der Waals surface area (Å²) >= 11 is 0. The lowest BCUT2D eigenvalue weighted by Crippen LogP contribution is -2.37. The number of ether oxygens (including phenoxy) is 5. The van der Waals surface area contributed by atoms with Crippen LogP contribution >= 0.6 is 0 Å². The number of allylic oxidation sites excluding steroid dienone is 1. The first-order valence-corrected chi connectivity index (χ1v) is 17.4. The van der Waals surface area contributed by atoms with Crippen LogP contribution in [-0.2, 0) is 25.7 Å². The lowest BCUT2D eigenvalue weighted by Gasteiger charge is -2.24. The maximum Gasteiger partial charge on any atom is 0.342 e. The molecule has 0 aliphatic carbocycles. The number of benzene rings is 3. The van der Waals surface area contributed by atoms with Gasteiger partial charge in [0.2, 0.25) is 17.6 Å². The molecular formula is C40H48N2O11. The van der Waals surface area contributed by atoms with E-state index in [1.807, 2.05) is 12.1 Å². The summed E-state index contributed by atoms with van der Waals surface area (Å²) in [7, 11) is 5.85. The normalized spacial score (nSPS) is 15.6. The van der Waals surface area contributed by atoms with E-state index in [9.17, 15) is 29.4 Å². The highest BCUT2D eigenvalue weighted by Gasteiger charge is 2.32. The van der Waals surface area contributed by atoms with Gasteiger partial charge in [0.25, 0.3) is 0 Å². The van der Waals surface area contributed by atoms with Crippen LogP contribution in [-0.4, -0.2) is 74.9 Å². The summed E-state index contributed by atoms with van der Waals surface area (Å²) in [6.45, 7) is 1.59. The predicted molar refractivity (Wildman–Crippen MR) is 197 cm³/mol. The third-order valence-corrected chi connectivity index (χ3v) is 8.97. The number of carbonyl (C=O) groups excluding carboxylic acids is 4. The highest BCUT2D eigenvalue weighted by atomic mass is 16.5. The van der Waals surface area contributed by atoms with Crippen molar-refractivity contribution in [1.29, 1.82) is 0 Å². The van der Waals surface area contributed by atoms with E-state index in [-0.39, 0.29) is 59.2 Å². The minimum atomic E-state index is -1.09. The first-order chi connectivity index (χ1) is 25.5. The molecule has 3 aromatic rings.